The number of aromatic nitrogens is 3. The molecule has 0 fully saturated rings. The van der Waals surface area contributed by atoms with E-state index in [9.17, 15) is 0 Å². The number of fused-ring (bicyclic) bond motifs is 2. The van der Waals surface area contributed by atoms with Gasteiger partial charge in [0.05, 0.1) is 6.20 Å². The van der Waals surface area contributed by atoms with Crippen LogP contribution in [0.3, 0.4) is 0 Å². The van der Waals surface area contributed by atoms with E-state index in [1.807, 2.05) is 30.0 Å². The van der Waals surface area contributed by atoms with Crippen molar-refractivity contribution in [3.05, 3.63) is 54.0 Å². The van der Waals surface area contributed by atoms with Crippen molar-refractivity contribution in [1.82, 2.24) is 14.4 Å². The summed E-state index contributed by atoms with van der Waals surface area (Å²) in [7, 11) is 1.89. The maximum atomic E-state index is 4.72. The van der Waals surface area contributed by atoms with Gasteiger partial charge in [-0.3, -0.25) is 0 Å². The molecule has 5 heteroatoms. The fraction of sp³-hybridized carbons (Fsp3) is 0.250. The summed E-state index contributed by atoms with van der Waals surface area (Å²) in [6.07, 6.45) is 6.79. The first-order chi connectivity index (χ1) is 10.3. The number of hydrogen-bond donors (Lipinski definition) is 1. The van der Waals surface area contributed by atoms with Gasteiger partial charge in [-0.2, -0.15) is 0 Å². The Bertz CT molecular complexity index is 792. The molecule has 5 nitrogen and oxygen atoms in total. The maximum Gasteiger partial charge on any atom is 0.180 e. The second kappa shape index (κ2) is 4.77. The highest BCUT2D eigenvalue weighted by atomic mass is 15.2. The average molecular weight is 279 g/mol. The van der Waals surface area contributed by atoms with Crippen LogP contribution >= 0.6 is 0 Å². The Morgan fingerprint density at radius 1 is 1.19 bits per heavy atom. The molecule has 1 N–H and O–H groups in total. The number of imidazole rings is 1. The largest absolute Gasteiger partial charge is 0.372 e. The van der Waals surface area contributed by atoms with Crippen LogP contribution in [0.1, 0.15) is 11.1 Å². The molecule has 0 aliphatic carbocycles. The molecule has 1 aromatic carbocycles. The summed E-state index contributed by atoms with van der Waals surface area (Å²) in [5.74, 6) is 1.80. The molecule has 106 valence electrons. The topological polar surface area (TPSA) is 45.5 Å². The number of anilines is 2. The third-order valence-electron chi connectivity index (χ3n) is 4.04. The minimum absolute atomic E-state index is 0.856. The van der Waals surface area contributed by atoms with Crippen LogP contribution in [0.2, 0.25) is 0 Å². The highest BCUT2D eigenvalue weighted by Gasteiger charge is 2.20. The lowest BCUT2D eigenvalue weighted by Crippen LogP contribution is -2.31. The first-order valence-corrected chi connectivity index (χ1v) is 7.18. The van der Waals surface area contributed by atoms with Crippen LogP contribution in [0, 0.1) is 0 Å². The average Bonchev–Trinajstić information content (AvgIpc) is 3.01. The van der Waals surface area contributed by atoms with Gasteiger partial charge >= 0.3 is 0 Å². The minimum atomic E-state index is 0.856. The summed E-state index contributed by atoms with van der Waals surface area (Å²) in [4.78, 5) is 11.5. The van der Waals surface area contributed by atoms with Crippen molar-refractivity contribution >= 4 is 17.3 Å². The van der Waals surface area contributed by atoms with Crippen molar-refractivity contribution < 1.29 is 0 Å². The molecule has 4 rings (SSSR count). The summed E-state index contributed by atoms with van der Waals surface area (Å²) in [6.45, 7) is 1.86. The number of nitrogens with zero attached hydrogens (tertiary/aromatic N) is 4. The van der Waals surface area contributed by atoms with Crippen molar-refractivity contribution in [3.8, 4) is 0 Å². The minimum Gasteiger partial charge on any atom is -0.372 e. The van der Waals surface area contributed by atoms with Crippen LogP contribution < -0.4 is 10.2 Å². The quantitative estimate of drug-likeness (QED) is 0.782. The van der Waals surface area contributed by atoms with Crippen LogP contribution in [0.15, 0.2) is 42.9 Å². The molecule has 1 aliphatic heterocycles. The Morgan fingerprint density at radius 3 is 2.90 bits per heavy atom. The van der Waals surface area contributed by atoms with E-state index in [2.05, 4.69) is 39.5 Å². The van der Waals surface area contributed by atoms with Crippen LogP contribution in [-0.4, -0.2) is 28.0 Å². The molecular formula is C16H17N5. The summed E-state index contributed by atoms with van der Waals surface area (Å²) < 4.78 is 2.02. The van der Waals surface area contributed by atoms with Crippen molar-refractivity contribution in [2.24, 2.45) is 0 Å². The van der Waals surface area contributed by atoms with Crippen LogP contribution in [0.4, 0.5) is 11.6 Å². The third kappa shape index (κ3) is 2.01. The SMILES string of the molecule is CNc1cn2ccnc2c(N2CCc3ccccc3C2)n1. The molecule has 3 heterocycles. The van der Waals surface area contributed by atoms with Gasteiger partial charge in [0.25, 0.3) is 0 Å². The van der Waals surface area contributed by atoms with E-state index in [-0.39, 0.29) is 0 Å². The lowest BCUT2D eigenvalue weighted by molar-refractivity contribution is 0.721. The van der Waals surface area contributed by atoms with Gasteiger partial charge in [0.1, 0.15) is 5.82 Å². The first kappa shape index (κ1) is 12.2. The maximum absolute atomic E-state index is 4.72. The van der Waals surface area contributed by atoms with E-state index in [1.54, 1.807) is 0 Å². The molecule has 2 aromatic heterocycles. The normalized spacial score (nSPS) is 14.2. The van der Waals surface area contributed by atoms with Gasteiger partial charge in [0.15, 0.2) is 11.5 Å². The molecule has 0 radical (unpaired) electrons. The Labute approximate surface area is 123 Å². The lowest BCUT2D eigenvalue weighted by atomic mass is 10.00. The Balaban J connectivity index is 1.79. The van der Waals surface area contributed by atoms with Gasteiger partial charge in [-0.15, -0.1) is 0 Å². The molecule has 0 atom stereocenters. The molecule has 21 heavy (non-hydrogen) atoms. The lowest BCUT2D eigenvalue weighted by Gasteiger charge is -2.30. The smallest absolute Gasteiger partial charge is 0.180 e. The van der Waals surface area contributed by atoms with Crippen molar-refractivity contribution in [2.45, 2.75) is 13.0 Å². The molecule has 0 bridgehead atoms. The van der Waals surface area contributed by atoms with Gasteiger partial charge in [0.2, 0.25) is 0 Å². The summed E-state index contributed by atoms with van der Waals surface area (Å²) in [6, 6.07) is 8.63. The summed E-state index contributed by atoms with van der Waals surface area (Å²) in [5, 5.41) is 3.12. The summed E-state index contributed by atoms with van der Waals surface area (Å²) in [5.41, 5.74) is 3.73. The van der Waals surface area contributed by atoms with E-state index in [0.717, 1.165) is 36.8 Å². The number of hydrogen-bond acceptors (Lipinski definition) is 4. The number of benzene rings is 1. The molecule has 0 amide bonds. The fourth-order valence-electron chi connectivity index (χ4n) is 2.92. The first-order valence-electron chi connectivity index (χ1n) is 7.18. The van der Waals surface area contributed by atoms with Gasteiger partial charge < -0.3 is 14.6 Å². The molecule has 1 aliphatic rings. The van der Waals surface area contributed by atoms with Crippen molar-refractivity contribution in [1.29, 1.82) is 0 Å². The standard InChI is InChI=1S/C16H17N5/c1-17-14-11-21-9-7-18-15(21)16(19-14)20-8-6-12-4-2-3-5-13(12)10-20/h2-5,7,9,11,17H,6,8,10H2,1H3. The zero-order chi connectivity index (χ0) is 14.2. The van der Waals surface area contributed by atoms with Gasteiger partial charge in [-0.25, -0.2) is 9.97 Å². The second-order valence-electron chi connectivity index (χ2n) is 5.30. The highest BCUT2D eigenvalue weighted by Crippen LogP contribution is 2.26. The fourth-order valence-corrected chi connectivity index (χ4v) is 2.92. The molecule has 3 aromatic rings. The van der Waals surface area contributed by atoms with E-state index in [0.29, 0.717) is 0 Å². The van der Waals surface area contributed by atoms with Crippen LogP contribution in [0.5, 0.6) is 0 Å². The van der Waals surface area contributed by atoms with Gasteiger partial charge in [-0.1, -0.05) is 24.3 Å². The summed E-state index contributed by atoms with van der Waals surface area (Å²) >= 11 is 0. The molecule has 0 unspecified atom stereocenters. The predicted octanol–water partition coefficient (Wildman–Crippen LogP) is 2.33. The van der Waals surface area contributed by atoms with Gasteiger partial charge in [0, 0.05) is 32.5 Å². The molecule has 0 saturated carbocycles. The third-order valence-corrected chi connectivity index (χ3v) is 4.04. The van der Waals surface area contributed by atoms with Crippen molar-refractivity contribution in [3.63, 3.8) is 0 Å². The van der Waals surface area contributed by atoms with Gasteiger partial charge in [-0.05, 0) is 17.5 Å². The Kier molecular flexibility index (Phi) is 2.77. The van der Waals surface area contributed by atoms with Crippen molar-refractivity contribution in [2.75, 3.05) is 23.8 Å². The molecular weight excluding hydrogens is 262 g/mol. The Hall–Kier alpha value is -2.56. The predicted molar refractivity (Wildman–Crippen MR) is 83.7 cm³/mol. The Morgan fingerprint density at radius 2 is 2.05 bits per heavy atom. The van der Waals surface area contributed by atoms with Crippen LogP contribution in [0.25, 0.3) is 5.65 Å². The zero-order valence-corrected chi connectivity index (χ0v) is 12.0. The van der Waals surface area contributed by atoms with Crippen LogP contribution in [-0.2, 0) is 13.0 Å². The molecule has 0 spiro atoms. The monoisotopic (exact) mass is 279 g/mol. The van der Waals surface area contributed by atoms with E-state index in [4.69, 9.17) is 4.98 Å². The highest BCUT2D eigenvalue weighted by molar-refractivity contribution is 5.67. The number of rotatable bonds is 2. The zero-order valence-electron chi connectivity index (χ0n) is 12.0. The molecule has 0 saturated heterocycles. The second-order valence-corrected chi connectivity index (χ2v) is 5.30. The number of nitrogens with one attached hydrogen (secondary N) is 1. The van der Waals surface area contributed by atoms with E-state index >= 15 is 0 Å². The van der Waals surface area contributed by atoms with E-state index < -0.39 is 0 Å². The van der Waals surface area contributed by atoms with E-state index in [1.165, 1.54) is 11.1 Å².